The van der Waals surface area contributed by atoms with Crippen LogP contribution in [-0.2, 0) is 0 Å². The Kier molecular flexibility index (Phi) is 23.5. The molecular weight excluding hydrogens is 201 g/mol. The van der Waals surface area contributed by atoms with Crippen LogP contribution in [0.25, 0.3) is 0 Å². The Bertz CT molecular complexity index is 24.4. The molecule has 8 heavy (non-hydrogen) atoms. The topological polar surface area (TPSA) is 0 Å². The fraction of sp³-hybridized carbons (Fsp3) is 1.00. The zero-order valence-corrected chi connectivity index (χ0v) is 10.1. The van der Waals surface area contributed by atoms with Gasteiger partial charge in [0.15, 0.2) is 0 Å². The van der Waals surface area contributed by atoms with Crippen molar-refractivity contribution in [3.63, 3.8) is 0 Å². The summed E-state index contributed by atoms with van der Waals surface area (Å²) in [5.41, 5.74) is 0. The van der Waals surface area contributed by atoms with Crippen molar-refractivity contribution in [2.45, 2.75) is 33.1 Å². The molecule has 0 spiro atoms. The zero-order valence-electron chi connectivity index (χ0n) is 5.58. The van der Waals surface area contributed by atoms with E-state index in [2.05, 4.69) is 13.8 Å². The molecule has 0 saturated carbocycles. The van der Waals surface area contributed by atoms with E-state index in [1.54, 1.807) is 0 Å². The van der Waals surface area contributed by atoms with Crippen molar-refractivity contribution < 1.29 is 0 Å². The van der Waals surface area contributed by atoms with Gasteiger partial charge >= 0.3 is 34.7 Å². The van der Waals surface area contributed by atoms with Gasteiger partial charge in [0, 0.05) is 0 Å². The molecule has 50 valence electrons. The van der Waals surface area contributed by atoms with Gasteiger partial charge in [0.25, 0.3) is 0 Å². The van der Waals surface area contributed by atoms with Crippen LogP contribution in [0.1, 0.15) is 33.1 Å². The molecule has 0 rings (SSSR count). The fourth-order valence-corrected chi connectivity index (χ4v) is 0.354. The van der Waals surface area contributed by atoms with Gasteiger partial charge in [-0.15, -0.1) is 0 Å². The van der Waals surface area contributed by atoms with E-state index < -0.39 is 15.4 Å². The molecule has 0 radical (unpaired) electrons. The third-order valence-electron chi connectivity index (χ3n) is 0.707. The number of halogens is 2. The summed E-state index contributed by atoms with van der Waals surface area (Å²) in [6.45, 7) is 4.42. The Morgan fingerprint density at radius 2 is 1.38 bits per heavy atom. The molecule has 0 saturated heterocycles. The quantitative estimate of drug-likeness (QED) is 0.619. The molecule has 0 amide bonds. The van der Waals surface area contributed by atoms with Gasteiger partial charge in [-0.3, -0.25) is 0 Å². The summed E-state index contributed by atoms with van der Waals surface area (Å²) in [6, 6.07) is 0. The van der Waals surface area contributed by atoms with Gasteiger partial charge in [0.05, 0.1) is 0 Å². The zero-order chi connectivity index (χ0) is 6.83. The predicted molar refractivity (Wildman–Crippen MR) is 44.1 cm³/mol. The SMILES string of the molecule is CCCCC.[Cl][GaH][Cl]. The second-order valence-corrected chi connectivity index (χ2v) is 6.08. The van der Waals surface area contributed by atoms with Crippen LogP contribution in [0.2, 0.25) is 0 Å². The van der Waals surface area contributed by atoms with Crippen molar-refractivity contribution in [2.75, 3.05) is 0 Å². The molecule has 0 atom stereocenters. The summed E-state index contributed by atoms with van der Waals surface area (Å²) < 4.78 is 0. The van der Waals surface area contributed by atoms with Crippen LogP contribution in [0.3, 0.4) is 0 Å². The van der Waals surface area contributed by atoms with Crippen molar-refractivity contribution in [1.82, 2.24) is 0 Å². The summed E-state index contributed by atoms with van der Waals surface area (Å²) in [6.07, 6.45) is 4.08. The van der Waals surface area contributed by atoms with Crippen LogP contribution in [0.15, 0.2) is 0 Å². The maximum atomic E-state index is 4.95. The van der Waals surface area contributed by atoms with Gasteiger partial charge in [0.2, 0.25) is 0 Å². The van der Waals surface area contributed by atoms with Crippen LogP contribution >= 0.6 is 19.3 Å². The van der Waals surface area contributed by atoms with Crippen molar-refractivity contribution in [3.05, 3.63) is 0 Å². The molecule has 0 N–H and O–H groups in total. The van der Waals surface area contributed by atoms with E-state index in [4.69, 9.17) is 19.3 Å². The molecule has 0 aliphatic carbocycles. The number of hydrogen-bond donors (Lipinski definition) is 0. The molecular formula is C5H13Cl2Ga. The van der Waals surface area contributed by atoms with E-state index in [0.29, 0.717) is 0 Å². The van der Waals surface area contributed by atoms with Crippen molar-refractivity contribution >= 4 is 34.7 Å². The molecule has 0 fully saturated rings. The minimum absolute atomic E-state index is 0.931. The van der Waals surface area contributed by atoms with Gasteiger partial charge < -0.3 is 0 Å². The minimum atomic E-state index is -0.931. The summed E-state index contributed by atoms with van der Waals surface area (Å²) in [4.78, 5) is 0. The molecule has 3 heteroatoms. The second kappa shape index (κ2) is 15.7. The van der Waals surface area contributed by atoms with Crippen LogP contribution in [0, 0.1) is 0 Å². The fourth-order valence-electron chi connectivity index (χ4n) is 0.354. The molecule has 0 aromatic carbocycles. The van der Waals surface area contributed by atoms with Crippen LogP contribution in [0.5, 0.6) is 0 Å². The van der Waals surface area contributed by atoms with Crippen LogP contribution in [-0.4, -0.2) is 15.4 Å². The molecule has 0 nitrogen and oxygen atoms in total. The second-order valence-electron chi connectivity index (χ2n) is 1.45. The van der Waals surface area contributed by atoms with E-state index >= 15 is 0 Å². The Balaban J connectivity index is 0. The number of rotatable bonds is 2. The van der Waals surface area contributed by atoms with Crippen molar-refractivity contribution in [1.29, 1.82) is 0 Å². The van der Waals surface area contributed by atoms with E-state index in [0.717, 1.165) is 0 Å². The van der Waals surface area contributed by atoms with E-state index in [1.165, 1.54) is 19.3 Å². The van der Waals surface area contributed by atoms with E-state index in [9.17, 15) is 0 Å². The van der Waals surface area contributed by atoms with Gasteiger partial charge in [-0.05, 0) is 0 Å². The summed E-state index contributed by atoms with van der Waals surface area (Å²) in [7, 11) is 9.90. The van der Waals surface area contributed by atoms with Crippen molar-refractivity contribution in [2.24, 2.45) is 0 Å². The van der Waals surface area contributed by atoms with E-state index in [1.807, 2.05) is 0 Å². The molecule has 0 aromatic rings. The summed E-state index contributed by atoms with van der Waals surface area (Å²) >= 11 is -0.931. The third kappa shape index (κ3) is 27.0. The Morgan fingerprint density at radius 1 is 1.12 bits per heavy atom. The first kappa shape index (κ1) is 11.9. The predicted octanol–water partition coefficient (Wildman–Crippen LogP) is 2.93. The number of unbranched alkanes of at least 4 members (excludes halogenated alkanes) is 2. The Morgan fingerprint density at radius 3 is 1.38 bits per heavy atom. The first-order valence-corrected chi connectivity index (χ1v) is 10.7. The van der Waals surface area contributed by atoms with Crippen LogP contribution < -0.4 is 0 Å². The normalized spacial score (nSPS) is 7.00. The van der Waals surface area contributed by atoms with Gasteiger partial charge in [-0.25, -0.2) is 0 Å². The first-order chi connectivity index (χ1) is 3.83. The molecule has 0 aromatic heterocycles. The standard InChI is InChI=1S/C5H12.2ClH.Ga.H/c1-3-5-4-2;;;;/h3-5H2,1-2H3;2*1H;;/q;;;+2;/p-2. The Hall–Kier alpha value is 1.22. The van der Waals surface area contributed by atoms with Crippen LogP contribution in [0.4, 0.5) is 0 Å². The van der Waals surface area contributed by atoms with Gasteiger partial charge in [0.1, 0.15) is 0 Å². The maximum absolute atomic E-state index is 4.95. The van der Waals surface area contributed by atoms with Crippen molar-refractivity contribution in [3.8, 4) is 0 Å². The average molecular weight is 214 g/mol. The molecule has 0 heterocycles. The molecule has 0 aliphatic heterocycles. The van der Waals surface area contributed by atoms with Gasteiger partial charge in [-0.2, -0.15) is 0 Å². The first-order valence-electron chi connectivity index (χ1n) is 2.95. The molecule has 0 aliphatic rings. The number of hydrogen-bond acceptors (Lipinski definition) is 0. The monoisotopic (exact) mass is 212 g/mol. The van der Waals surface area contributed by atoms with E-state index in [-0.39, 0.29) is 0 Å². The van der Waals surface area contributed by atoms with Gasteiger partial charge in [-0.1, -0.05) is 33.1 Å². The third-order valence-corrected chi connectivity index (χ3v) is 0.707. The summed E-state index contributed by atoms with van der Waals surface area (Å²) in [5.74, 6) is 0. The summed E-state index contributed by atoms with van der Waals surface area (Å²) in [5, 5.41) is 0. The molecule has 0 unspecified atom stereocenters. The Labute approximate surface area is 67.8 Å². The average Bonchev–Trinajstić information content (AvgIpc) is 1.71. The molecule has 0 bridgehead atoms.